The second-order valence-electron chi connectivity index (χ2n) is 6.67. The summed E-state index contributed by atoms with van der Waals surface area (Å²) in [6.07, 6.45) is 4.93. The van der Waals surface area contributed by atoms with E-state index >= 15 is 0 Å². The summed E-state index contributed by atoms with van der Waals surface area (Å²) in [5, 5.41) is 5.51. The number of nitrogens with zero attached hydrogens (tertiary/aromatic N) is 3. The minimum absolute atomic E-state index is 0.181. The number of amides is 1. The van der Waals surface area contributed by atoms with E-state index in [-0.39, 0.29) is 12.3 Å². The summed E-state index contributed by atoms with van der Waals surface area (Å²) in [5.74, 6) is 0.299. The van der Waals surface area contributed by atoms with Gasteiger partial charge in [0.15, 0.2) is 0 Å². The lowest BCUT2D eigenvalue weighted by atomic mass is 10.1. The van der Waals surface area contributed by atoms with Crippen LogP contribution in [-0.4, -0.2) is 22.3 Å². The number of para-hydroxylation sites is 1. The number of unbranched alkanes of at least 4 members (excludes halogenated alkanes) is 2. The molecule has 0 spiro atoms. The smallest absolute Gasteiger partial charge is 0.250 e. The second kappa shape index (κ2) is 10.6. The van der Waals surface area contributed by atoms with Crippen molar-refractivity contribution >= 4 is 17.5 Å². The maximum atomic E-state index is 12.4. The first-order valence-electron chi connectivity index (χ1n) is 9.75. The number of aromatic nitrogens is 2. The molecule has 5 nitrogen and oxygen atoms in total. The van der Waals surface area contributed by atoms with Crippen molar-refractivity contribution in [1.82, 2.24) is 9.78 Å². The summed E-state index contributed by atoms with van der Waals surface area (Å²) in [6, 6.07) is 18.7. The van der Waals surface area contributed by atoms with Crippen molar-refractivity contribution in [3.05, 3.63) is 82.8 Å². The normalized spacial score (nSPS) is 11.4. The van der Waals surface area contributed by atoms with E-state index in [0.29, 0.717) is 22.9 Å². The molecule has 3 rings (SSSR count). The lowest BCUT2D eigenvalue weighted by molar-refractivity contribution is -0.117. The van der Waals surface area contributed by atoms with Crippen molar-refractivity contribution in [2.24, 2.45) is 4.99 Å². The Morgan fingerprint density at radius 1 is 1.10 bits per heavy atom. The highest BCUT2D eigenvalue weighted by molar-refractivity contribution is 6.30. The predicted octanol–water partition coefficient (Wildman–Crippen LogP) is 4.76. The molecule has 0 aliphatic rings. The van der Waals surface area contributed by atoms with E-state index in [1.165, 1.54) is 0 Å². The van der Waals surface area contributed by atoms with Crippen LogP contribution in [-0.2, 0) is 11.2 Å². The Morgan fingerprint density at radius 2 is 1.93 bits per heavy atom. The quantitative estimate of drug-likeness (QED) is 0.504. The maximum absolute atomic E-state index is 12.4. The highest BCUT2D eigenvalue weighted by Crippen LogP contribution is 2.15. The van der Waals surface area contributed by atoms with E-state index in [2.05, 4.69) is 17.0 Å². The molecule has 0 aliphatic carbocycles. The molecule has 0 fully saturated rings. The molecular formula is C23H24ClN3O2. The Kier molecular flexibility index (Phi) is 7.59. The van der Waals surface area contributed by atoms with Crippen LogP contribution in [0.4, 0.5) is 0 Å². The summed E-state index contributed by atoms with van der Waals surface area (Å²) >= 11 is 5.98. The average Bonchev–Trinajstić information content (AvgIpc) is 2.72. The Balaban J connectivity index is 1.84. The first-order valence-corrected chi connectivity index (χ1v) is 10.1. The van der Waals surface area contributed by atoms with E-state index in [1.54, 1.807) is 29.1 Å². The number of hydrogen-bond acceptors (Lipinski definition) is 3. The van der Waals surface area contributed by atoms with Crippen LogP contribution < -0.4 is 10.1 Å². The molecule has 1 aromatic heterocycles. The lowest BCUT2D eigenvalue weighted by Gasteiger charge is -2.13. The van der Waals surface area contributed by atoms with Gasteiger partial charge < -0.3 is 4.74 Å². The van der Waals surface area contributed by atoms with Gasteiger partial charge in [0, 0.05) is 11.1 Å². The van der Waals surface area contributed by atoms with Crippen molar-refractivity contribution in [3.63, 3.8) is 0 Å². The zero-order chi connectivity index (χ0) is 20.5. The van der Waals surface area contributed by atoms with Crippen LogP contribution in [0.25, 0.3) is 5.69 Å². The van der Waals surface area contributed by atoms with E-state index in [1.807, 2.05) is 42.5 Å². The monoisotopic (exact) mass is 409 g/mol. The molecule has 0 radical (unpaired) electrons. The molecule has 0 saturated heterocycles. The third-order valence-corrected chi connectivity index (χ3v) is 4.52. The predicted molar refractivity (Wildman–Crippen MR) is 114 cm³/mol. The molecule has 2 aromatic carbocycles. The Bertz CT molecular complexity index is 1020. The number of rotatable bonds is 8. The Labute approximate surface area is 175 Å². The SMILES string of the molecule is CCCCCOc1cc(=NC(=O)Cc2cccc(Cl)c2)cnn1-c1ccccc1. The average molecular weight is 410 g/mol. The van der Waals surface area contributed by atoms with Gasteiger partial charge in [0.25, 0.3) is 5.91 Å². The highest BCUT2D eigenvalue weighted by Gasteiger charge is 2.07. The highest BCUT2D eigenvalue weighted by atomic mass is 35.5. The van der Waals surface area contributed by atoms with Crippen LogP contribution in [0.3, 0.4) is 0 Å². The minimum atomic E-state index is -0.261. The third-order valence-electron chi connectivity index (χ3n) is 4.28. The summed E-state index contributed by atoms with van der Waals surface area (Å²) < 4.78 is 7.68. The van der Waals surface area contributed by atoms with Crippen LogP contribution in [0, 0.1) is 0 Å². The molecule has 0 N–H and O–H groups in total. The summed E-state index contributed by atoms with van der Waals surface area (Å²) in [4.78, 5) is 16.6. The van der Waals surface area contributed by atoms with Crippen molar-refractivity contribution in [3.8, 4) is 11.6 Å². The van der Waals surface area contributed by atoms with Crippen molar-refractivity contribution < 1.29 is 9.53 Å². The summed E-state index contributed by atoms with van der Waals surface area (Å²) in [6.45, 7) is 2.74. The fourth-order valence-electron chi connectivity index (χ4n) is 2.86. The molecule has 0 atom stereocenters. The molecule has 6 heteroatoms. The van der Waals surface area contributed by atoms with Crippen LogP contribution in [0.1, 0.15) is 31.7 Å². The van der Waals surface area contributed by atoms with Gasteiger partial charge in [0.05, 0.1) is 30.3 Å². The number of benzene rings is 2. The van der Waals surface area contributed by atoms with Crippen molar-refractivity contribution in [2.75, 3.05) is 6.61 Å². The Hall–Kier alpha value is -2.92. The van der Waals surface area contributed by atoms with Crippen LogP contribution in [0.5, 0.6) is 5.88 Å². The second-order valence-corrected chi connectivity index (χ2v) is 7.10. The van der Waals surface area contributed by atoms with Crippen LogP contribution in [0.15, 0.2) is 71.9 Å². The van der Waals surface area contributed by atoms with Gasteiger partial charge in [-0.05, 0) is 36.2 Å². The van der Waals surface area contributed by atoms with Gasteiger partial charge in [0.1, 0.15) is 0 Å². The van der Waals surface area contributed by atoms with Gasteiger partial charge in [-0.25, -0.2) is 9.67 Å². The molecule has 1 heterocycles. The number of carbonyl (C=O) groups excluding carboxylic acids is 1. The van der Waals surface area contributed by atoms with Gasteiger partial charge in [0.2, 0.25) is 5.88 Å². The first-order chi connectivity index (χ1) is 14.2. The van der Waals surface area contributed by atoms with Gasteiger partial charge in [-0.1, -0.05) is 61.7 Å². The van der Waals surface area contributed by atoms with E-state index < -0.39 is 0 Å². The van der Waals surface area contributed by atoms with Gasteiger partial charge in [-0.2, -0.15) is 5.10 Å². The molecule has 0 saturated carbocycles. The lowest BCUT2D eigenvalue weighted by Crippen LogP contribution is -2.16. The van der Waals surface area contributed by atoms with Crippen LogP contribution >= 0.6 is 11.6 Å². The van der Waals surface area contributed by atoms with E-state index in [9.17, 15) is 4.79 Å². The summed E-state index contributed by atoms with van der Waals surface area (Å²) in [7, 11) is 0. The molecule has 29 heavy (non-hydrogen) atoms. The van der Waals surface area contributed by atoms with E-state index in [0.717, 1.165) is 30.5 Å². The molecule has 150 valence electrons. The standard InChI is InChI=1S/C23H24ClN3O2/c1-2-3-7-13-29-23-16-20(17-25-27(23)21-11-5-4-6-12-21)26-22(28)15-18-9-8-10-19(24)14-18/h4-6,8-12,14,16-17H,2-3,7,13,15H2,1H3. The zero-order valence-electron chi connectivity index (χ0n) is 16.4. The van der Waals surface area contributed by atoms with Crippen molar-refractivity contribution in [1.29, 1.82) is 0 Å². The number of ether oxygens (including phenoxy) is 1. The van der Waals surface area contributed by atoms with Gasteiger partial charge in [-0.15, -0.1) is 0 Å². The van der Waals surface area contributed by atoms with Gasteiger partial charge in [-0.3, -0.25) is 4.79 Å². The molecule has 0 aliphatic heterocycles. The first kappa shape index (κ1) is 20.8. The minimum Gasteiger partial charge on any atom is -0.478 e. The maximum Gasteiger partial charge on any atom is 0.250 e. The molecular weight excluding hydrogens is 386 g/mol. The number of carbonyl (C=O) groups is 1. The Morgan fingerprint density at radius 3 is 2.69 bits per heavy atom. The third kappa shape index (κ3) is 6.29. The van der Waals surface area contributed by atoms with Gasteiger partial charge >= 0.3 is 0 Å². The van der Waals surface area contributed by atoms with Crippen LogP contribution in [0.2, 0.25) is 5.02 Å². The zero-order valence-corrected chi connectivity index (χ0v) is 17.2. The molecule has 0 unspecified atom stereocenters. The number of hydrogen-bond donors (Lipinski definition) is 0. The molecule has 3 aromatic rings. The van der Waals surface area contributed by atoms with E-state index in [4.69, 9.17) is 16.3 Å². The van der Waals surface area contributed by atoms with Crippen molar-refractivity contribution in [2.45, 2.75) is 32.6 Å². The topological polar surface area (TPSA) is 56.5 Å². The molecule has 0 bridgehead atoms. The largest absolute Gasteiger partial charge is 0.478 e. The number of halogens is 1. The molecule has 1 amide bonds. The summed E-state index contributed by atoms with van der Waals surface area (Å²) in [5.41, 5.74) is 1.71. The fraction of sp³-hybridized carbons (Fsp3) is 0.261. The fourth-order valence-corrected chi connectivity index (χ4v) is 3.07.